The van der Waals surface area contributed by atoms with Gasteiger partial charge >= 0.3 is 0 Å². The molecule has 0 aromatic carbocycles. The maximum atomic E-state index is 2.00. The highest BCUT2D eigenvalue weighted by molar-refractivity contribution is 4.94. The number of hydrogen-bond donors (Lipinski definition) is 0. The van der Waals surface area contributed by atoms with Crippen LogP contribution in [-0.4, -0.2) is 0 Å². The highest BCUT2D eigenvalue weighted by atomic mass is 14.5. The fourth-order valence-corrected chi connectivity index (χ4v) is 6.33. The lowest BCUT2D eigenvalue weighted by Crippen LogP contribution is -2.41. The van der Waals surface area contributed by atoms with Crippen molar-refractivity contribution in [3.8, 4) is 0 Å². The molecule has 144 valence electrons. The third-order valence-corrected chi connectivity index (χ3v) is 7.22. The second-order valence-electron chi connectivity index (χ2n) is 8.07. The molecule has 0 aromatic heterocycles. The van der Waals surface area contributed by atoms with E-state index in [2.05, 4.69) is 0 Å². The van der Waals surface area contributed by atoms with E-state index in [1.165, 1.54) is 0 Å². The summed E-state index contributed by atoms with van der Waals surface area (Å²) >= 11 is 0. The van der Waals surface area contributed by atoms with Crippen LogP contribution in [0.15, 0.2) is 0 Å². The van der Waals surface area contributed by atoms with Gasteiger partial charge in [0.2, 0.25) is 0 Å². The van der Waals surface area contributed by atoms with Crippen molar-refractivity contribution in [1.29, 1.82) is 0 Å². The van der Waals surface area contributed by atoms with Gasteiger partial charge < -0.3 is 0 Å². The van der Waals surface area contributed by atoms with Gasteiger partial charge in [0.05, 0.1) is 0 Å². The minimum Gasteiger partial charge on any atom is -0.0683 e. The van der Waals surface area contributed by atoms with Crippen LogP contribution in [0.2, 0.25) is 0 Å². The van der Waals surface area contributed by atoms with E-state index in [0.717, 1.165) is 35.5 Å². The lowest BCUT2D eigenvalue weighted by Gasteiger charge is -2.51. The van der Waals surface area contributed by atoms with Crippen LogP contribution in [0, 0.1) is 35.5 Å². The van der Waals surface area contributed by atoms with Crippen molar-refractivity contribution in [2.24, 2.45) is 35.5 Å². The molecule has 4 unspecified atom stereocenters. The summed E-state index contributed by atoms with van der Waals surface area (Å²) in [6.07, 6.45) is 19.1. The smallest absolute Gasteiger partial charge is 0.0380 e. The molecule has 0 heterocycles. The van der Waals surface area contributed by atoms with Gasteiger partial charge in [-0.05, 0) is 61.2 Å². The highest BCUT2D eigenvalue weighted by Gasteiger charge is 2.44. The molecule has 0 radical (unpaired) electrons. The molecule has 0 spiro atoms. The van der Waals surface area contributed by atoms with Crippen LogP contribution >= 0.6 is 0 Å². The summed E-state index contributed by atoms with van der Waals surface area (Å²) in [6.45, 7) is 12.0. The van der Waals surface area contributed by atoms with Crippen molar-refractivity contribution in [2.45, 2.75) is 119 Å². The van der Waals surface area contributed by atoms with Crippen LogP contribution in [0.5, 0.6) is 0 Å². The van der Waals surface area contributed by atoms with Gasteiger partial charge in [-0.25, -0.2) is 0 Å². The van der Waals surface area contributed by atoms with E-state index in [9.17, 15) is 0 Å². The molecule has 0 N–H and O–H groups in total. The van der Waals surface area contributed by atoms with E-state index >= 15 is 0 Å². The molecule has 0 amide bonds. The van der Waals surface area contributed by atoms with Crippen LogP contribution in [0.3, 0.4) is 0 Å². The maximum Gasteiger partial charge on any atom is -0.0380 e. The Kier molecular flexibility index (Phi) is 11.4. The molecule has 0 nitrogen and oxygen atoms in total. The molecule has 4 saturated carbocycles. The van der Waals surface area contributed by atoms with Crippen molar-refractivity contribution in [1.82, 2.24) is 0 Å². The number of hydrogen-bond acceptors (Lipinski definition) is 0. The van der Waals surface area contributed by atoms with E-state index in [1.54, 1.807) is 77.0 Å². The molecular weight excluding hydrogens is 288 g/mol. The first-order chi connectivity index (χ1) is 11.9. The van der Waals surface area contributed by atoms with Crippen molar-refractivity contribution in [2.75, 3.05) is 0 Å². The van der Waals surface area contributed by atoms with E-state index < -0.39 is 0 Å². The average Bonchev–Trinajstić information content (AvgIpc) is 2.69. The lowest BCUT2D eigenvalue weighted by molar-refractivity contribution is -0.00325. The van der Waals surface area contributed by atoms with Gasteiger partial charge in [-0.15, -0.1) is 0 Å². The normalized spacial score (nSPS) is 39.8. The highest BCUT2D eigenvalue weighted by Crippen LogP contribution is 2.54. The first-order valence-corrected chi connectivity index (χ1v) is 11.9. The third kappa shape index (κ3) is 5.50. The lowest BCUT2D eigenvalue weighted by atomic mass is 9.55. The summed E-state index contributed by atoms with van der Waals surface area (Å²) in [5.74, 6) is 6.92. The first kappa shape index (κ1) is 22.0. The Morgan fingerprint density at radius 2 is 0.542 bits per heavy atom. The molecule has 0 saturated heterocycles. The zero-order valence-corrected chi connectivity index (χ0v) is 17.9. The second-order valence-corrected chi connectivity index (χ2v) is 8.07. The molecule has 0 heteroatoms. The van der Waals surface area contributed by atoms with E-state index in [4.69, 9.17) is 0 Å². The van der Waals surface area contributed by atoms with Crippen LogP contribution in [-0.2, 0) is 0 Å². The second kappa shape index (κ2) is 12.4. The Labute approximate surface area is 154 Å². The van der Waals surface area contributed by atoms with Gasteiger partial charge in [0.15, 0.2) is 0 Å². The molecule has 4 fully saturated rings. The topological polar surface area (TPSA) is 0 Å². The van der Waals surface area contributed by atoms with Gasteiger partial charge in [-0.2, -0.15) is 0 Å². The maximum absolute atomic E-state index is 2.00. The van der Waals surface area contributed by atoms with Gasteiger partial charge in [0.25, 0.3) is 0 Å². The van der Waals surface area contributed by atoms with Crippen molar-refractivity contribution >= 4 is 0 Å². The van der Waals surface area contributed by atoms with Crippen molar-refractivity contribution < 1.29 is 0 Å². The largest absolute Gasteiger partial charge is 0.0683 e. The summed E-state index contributed by atoms with van der Waals surface area (Å²) in [7, 11) is 0. The van der Waals surface area contributed by atoms with Gasteiger partial charge in [0.1, 0.15) is 0 Å². The summed E-state index contributed by atoms with van der Waals surface area (Å²) < 4.78 is 0. The molecule has 4 aliphatic carbocycles. The van der Waals surface area contributed by atoms with Gasteiger partial charge in [0, 0.05) is 0 Å². The summed E-state index contributed by atoms with van der Waals surface area (Å²) in [5.41, 5.74) is 0. The minimum atomic E-state index is 1.15. The predicted molar refractivity (Wildman–Crippen MR) is 110 cm³/mol. The van der Waals surface area contributed by atoms with E-state index in [-0.39, 0.29) is 0 Å². The van der Waals surface area contributed by atoms with E-state index in [0.29, 0.717) is 0 Å². The molecule has 4 aliphatic rings. The molecule has 24 heavy (non-hydrogen) atoms. The SMILES string of the molecule is C1CCC2CC3CC4CCCCC4CC3CC2C1.CC.CC.CC. The molecule has 0 bridgehead atoms. The Bertz CT molecular complexity index is 236. The van der Waals surface area contributed by atoms with Crippen molar-refractivity contribution in [3.63, 3.8) is 0 Å². The molecule has 4 atom stereocenters. The summed E-state index contributed by atoms with van der Waals surface area (Å²) in [6, 6.07) is 0. The standard InChI is InChI=1S/C18H30.3C2H6/c1-2-6-14-10-18-12-16-8-4-3-7-15(16)11-17(18)9-13(14)5-1;3*1-2/h13-18H,1-12H2;3*1-2H3. The van der Waals surface area contributed by atoms with Gasteiger partial charge in [-0.1, -0.05) is 92.9 Å². The van der Waals surface area contributed by atoms with Crippen LogP contribution < -0.4 is 0 Å². The first-order valence-electron chi connectivity index (χ1n) is 11.9. The molecule has 4 rings (SSSR count). The number of rotatable bonds is 0. The van der Waals surface area contributed by atoms with Crippen molar-refractivity contribution in [3.05, 3.63) is 0 Å². The Morgan fingerprint density at radius 1 is 0.333 bits per heavy atom. The van der Waals surface area contributed by atoms with Crippen LogP contribution in [0.25, 0.3) is 0 Å². The number of fused-ring (bicyclic) bond motifs is 3. The molecular formula is C24H48. The van der Waals surface area contributed by atoms with E-state index in [1.807, 2.05) is 41.5 Å². The molecule has 0 aromatic rings. The zero-order chi connectivity index (χ0) is 17.9. The van der Waals surface area contributed by atoms with Gasteiger partial charge in [-0.3, -0.25) is 0 Å². The zero-order valence-electron chi connectivity index (χ0n) is 17.9. The monoisotopic (exact) mass is 336 g/mol. The van der Waals surface area contributed by atoms with Crippen LogP contribution in [0.4, 0.5) is 0 Å². The van der Waals surface area contributed by atoms with Crippen LogP contribution in [0.1, 0.15) is 119 Å². The molecule has 0 aliphatic heterocycles. The Morgan fingerprint density at radius 3 is 0.750 bits per heavy atom. The predicted octanol–water partition coefficient (Wildman–Crippen LogP) is 8.50. The fourth-order valence-electron chi connectivity index (χ4n) is 6.33. The minimum absolute atomic E-state index is 1.15. The summed E-state index contributed by atoms with van der Waals surface area (Å²) in [4.78, 5) is 0. The quantitative estimate of drug-likeness (QED) is 0.416. The Hall–Kier alpha value is 0. The Balaban J connectivity index is 0.000000436. The fraction of sp³-hybridized carbons (Fsp3) is 1.00. The summed E-state index contributed by atoms with van der Waals surface area (Å²) in [5, 5.41) is 0. The average molecular weight is 337 g/mol. The third-order valence-electron chi connectivity index (χ3n) is 7.22.